The molecule has 0 heterocycles. The predicted octanol–water partition coefficient (Wildman–Crippen LogP) is -5.97. The minimum absolute atomic E-state index is 1.19. The Bertz CT molecular complexity index is 299. The number of rotatable bonds is 7. The molecule has 0 fully saturated rings. The lowest BCUT2D eigenvalue weighted by Gasteiger charge is -2.32. The molecule has 4 unspecified atom stereocenters. The monoisotopic (exact) mass is 273 g/mol. The molecule has 0 aromatic rings. The van der Waals surface area contributed by atoms with Gasteiger partial charge in [-0.25, -0.2) is 0 Å². The molecule has 0 amide bonds. The van der Waals surface area contributed by atoms with Crippen LogP contribution in [-0.4, -0.2) is 57.4 Å². The number of aliphatic hydroxyl groups is 4. The first-order valence-electron chi connectivity index (χ1n) is 4.16. The first kappa shape index (κ1) is 16.4. The molecule has 17 heavy (non-hydrogen) atoms. The summed E-state index contributed by atoms with van der Waals surface area (Å²) in [5.74, 6) is -2.11. The van der Waals surface area contributed by atoms with Crippen molar-refractivity contribution in [2.45, 2.75) is 24.4 Å². The first-order chi connectivity index (χ1) is 7.56. The van der Waals surface area contributed by atoms with Crippen molar-refractivity contribution in [2.75, 3.05) is 6.61 Å². The molecule has 0 aliphatic rings. The van der Waals surface area contributed by atoms with Crippen LogP contribution in [-0.2, 0) is 13.9 Å². The van der Waals surface area contributed by atoms with E-state index in [1.807, 2.05) is 0 Å². The van der Waals surface area contributed by atoms with Crippen LogP contribution >= 0.6 is 7.82 Å². The molecular weight excluding hydrogens is 263 g/mol. The number of phosphoric acid groups is 1. The van der Waals surface area contributed by atoms with Crippen LogP contribution in [0.5, 0.6) is 0 Å². The molecule has 0 rings (SSSR count). The molecule has 4 N–H and O–H groups in total. The molecule has 0 aromatic heterocycles. The van der Waals surface area contributed by atoms with Gasteiger partial charge in [-0.3, -0.25) is 0 Å². The summed E-state index contributed by atoms with van der Waals surface area (Å²) in [6, 6.07) is 0. The molecule has 4 atom stereocenters. The third-order valence-corrected chi connectivity index (χ3v) is 2.18. The Morgan fingerprint density at radius 2 is 1.65 bits per heavy atom. The average Bonchev–Trinajstić information content (AvgIpc) is 2.21. The lowest BCUT2D eigenvalue weighted by molar-refractivity contribution is -0.343. The molecule has 0 aliphatic carbocycles. The van der Waals surface area contributed by atoms with Gasteiger partial charge in [-0.15, -0.1) is 0 Å². The highest BCUT2D eigenvalue weighted by Crippen LogP contribution is 2.25. The minimum Gasteiger partial charge on any atom is -0.790 e. The van der Waals surface area contributed by atoms with Crippen molar-refractivity contribution in [1.29, 1.82) is 0 Å². The van der Waals surface area contributed by atoms with E-state index in [0.29, 0.717) is 0 Å². The molecular formula is C6H10O10P-3. The second-order valence-electron chi connectivity index (χ2n) is 3.06. The number of aliphatic hydroxyl groups excluding tert-OH is 4. The minimum atomic E-state index is -5.38. The van der Waals surface area contributed by atoms with Crippen LogP contribution in [0.15, 0.2) is 0 Å². The smallest absolute Gasteiger partial charge is 0.122 e. The van der Waals surface area contributed by atoms with E-state index in [9.17, 15) is 24.3 Å². The summed E-state index contributed by atoms with van der Waals surface area (Å²) < 4.78 is 13.6. The van der Waals surface area contributed by atoms with E-state index in [0.717, 1.165) is 0 Å². The predicted molar refractivity (Wildman–Crippen MR) is 42.6 cm³/mol. The molecule has 0 bridgehead atoms. The van der Waals surface area contributed by atoms with Gasteiger partial charge in [0.2, 0.25) is 0 Å². The van der Waals surface area contributed by atoms with Crippen LogP contribution < -0.4 is 14.9 Å². The molecule has 0 aromatic carbocycles. The fraction of sp³-hybridized carbons (Fsp3) is 0.833. The molecule has 0 aliphatic heterocycles. The Morgan fingerprint density at radius 1 is 1.18 bits per heavy atom. The van der Waals surface area contributed by atoms with Crippen LogP contribution in [0.4, 0.5) is 0 Å². The average molecular weight is 273 g/mol. The van der Waals surface area contributed by atoms with Gasteiger partial charge in [-0.2, -0.15) is 0 Å². The Kier molecular flexibility index (Phi) is 6.16. The summed E-state index contributed by atoms with van der Waals surface area (Å²) in [4.78, 5) is 30.1. The van der Waals surface area contributed by atoms with Gasteiger partial charge in [0, 0.05) is 0 Å². The maximum atomic E-state index is 10.1. The van der Waals surface area contributed by atoms with Crippen molar-refractivity contribution in [3.63, 3.8) is 0 Å². The van der Waals surface area contributed by atoms with E-state index < -0.39 is 44.8 Å². The maximum absolute atomic E-state index is 10.1. The van der Waals surface area contributed by atoms with E-state index in [1.165, 1.54) is 0 Å². The highest BCUT2D eigenvalue weighted by atomic mass is 31.2. The summed E-state index contributed by atoms with van der Waals surface area (Å²) in [7, 11) is -5.38. The lowest BCUT2D eigenvalue weighted by atomic mass is 10.0. The largest absolute Gasteiger partial charge is 0.790 e. The number of carbonyl (C=O) groups excluding carboxylic acids is 1. The van der Waals surface area contributed by atoms with Crippen LogP contribution in [0.25, 0.3) is 0 Å². The summed E-state index contributed by atoms with van der Waals surface area (Å²) in [6.07, 6.45) is -9.16. The zero-order valence-electron chi connectivity index (χ0n) is 8.20. The Hall–Kier alpha value is -0.580. The Morgan fingerprint density at radius 3 is 2.00 bits per heavy atom. The molecule has 0 saturated heterocycles. The van der Waals surface area contributed by atoms with Crippen LogP contribution in [0.1, 0.15) is 0 Å². The fourth-order valence-corrected chi connectivity index (χ4v) is 1.16. The number of hydrogen-bond acceptors (Lipinski definition) is 10. The normalized spacial score (nSPS) is 19.4. The maximum Gasteiger partial charge on any atom is 0.122 e. The van der Waals surface area contributed by atoms with Gasteiger partial charge in [0.15, 0.2) is 0 Å². The second-order valence-corrected chi connectivity index (χ2v) is 4.21. The SMILES string of the molecule is O=C([O-])C(O)C(O)C(O)C(O)COP(=O)([O-])[O-]. The summed E-state index contributed by atoms with van der Waals surface area (Å²) in [6.45, 7) is -1.19. The van der Waals surface area contributed by atoms with Gasteiger partial charge < -0.3 is 49.2 Å². The number of carbonyl (C=O) groups is 1. The van der Waals surface area contributed by atoms with Crippen LogP contribution in [0.3, 0.4) is 0 Å². The summed E-state index contributed by atoms with van der Waals surface area (Å²) in [5.41, 5.74) is 0. The van der Waals surface area contributed by atoms with Gasteiger partial charge in [-0.05, 0) is 0 Å². The van der Waals surface area contributed by atoms with Crippen molar-refractivity contribution in [1.82, 2.24) is 0 Å². The zero-order valence-corrected chi connectivity index (χ0v) is 9.10. The number of carboxylic acids is 1. The standard InChI is InChI=1S/C6H13O10P/c7-2(1-16-17(13,14)15)3(8)4(9)5(10)6(11)12/h2-5,7-10H,1H2,(H,11,12)(H2,13,14,15)/p-3. The number of hydrogen-bond donors (Lipinski definition) is 4. The van der Waals surface area contributed by atoms with E-state index in [-0.39, 0.29) is 0 Å². The van der Waals surface area contributed by atoms with E-state index >= 15 is 0 Å². The number of carboxylic acid groups (broad SMARTS) is 1. The Labute approximate surface area is 94.9 Å². The highest BCUT2D eigenvalue weighted by molar-refractivity contribution is 7.43. The van der Waals surface area contributed by atoms with Crippen molar-refractivity contribution < 1.29 is 49.2 Å². The third kappa shape index (κ3) is 6.05. The first-order valence-corrected chi connectivity index (χ1v) is 5.62. The molecule has 102 valence electrons. The van der Waals surface area contributed by atoms with E-state index in [1.54, 1.807) is 0 Å². The summed E-state index contributed by atoms with van der Waals surface area (Å²) >= 11 is 0. The molecule has 0 spiro atoms. The van der Waals surface area contributed by atoms with Gasteiger partial charge >= 0.3 is 0 Å². The van der Waals surface area contributed by atoms with Crippen molar-refractivity contribution >= 4 is 13.8 Å². The number of phosphoric ester groups is 1. The summed E-state index contributed by atoms with van der Waals surface area (Å²) in [5, 5.41) is 45.9. The van der Waals surface area contributed by atoms with Gasteiger partial charge in [0.05, 0.1) is 20.4 Å². The fourth-order valence-electron chi connectivity index (χ4n) is 0.820. The van der Waals surface area contributed by atoms with Crippen molar-refractivity contribution in [3.05, 3.63) is 0 Å². The van der Waals surface area contributed by atoms with E-state index in [4.69, 9.17) is 20.4 Å². The molecule has 0 saturated carbocycles. The van der Waals surface area contributed by atoms with Crippen LogP contribution in [0.2, 0.25) is 0 Å². The Balaban J connectivity index is 4.34. The van der Waals surface area contributed by atoms with Gasteiger partial charge in [0.25, 0.3) is 0 Å². The quantitative estimate of drug-likeness (QED) is 0.324. The number of aliphatic carboxylic acids is 1. The van der Waals surface area contributed by atoms with Gasteiger partial charge in [0.1, 0.15) is 24.4 Å². The topological polar surface area (TPSA) is 193 Å². The molecule has 11 heteroatoms. The third-order valence-electron chi connectivity index (χ3n) is 1.71. The van der Waals surface area contributed by atoms with E-state index in [2.05, 4.69) is 4.52 Å². The zero-order chi connectivity index (χ0) is 13.8. The molecule has 10 nitrogen and oxygen atoms in total. The van der Waals surface area contributed by atoms with Crippen LogP contribution in [0, 0.1) is 0 Å². The molecule has 0 radical (unpaired) electrons. The van der Waals surface area contributed by atoms with Crippen molar-refractivity contribution in [2.24, 2.45) is 0 Å². The van der Waals surface area contributed by atoms with Crippen molar-refractivity contribution in [3.8, 4) is 0 Å². The highest BCUT2D eigenvalue weighted by Gasteiger charge is 2.31. The second kappa shape index (κ2) is 6.38. The lowest BCUT2D eigenvalue weighted by Crippen LogP contribution is -2.52. The van der Waals surface area contributed by atoms with Gasteiger partial charge in [-0.1, -0.05) is 0 Å².